The number of ether oxygens (including phenoxy) is 1. The molecule has 1 aromatic carbocycles. The van der Waals surface area contributed by atoms with Crippen molar-refractivity contribution in [3.05, 3.63) is 29.6 Å². The highest BCUT2D eigenvalue weighted by Crippen LogP contribution is 2.23. The highest BCUT2D eigenvalue weighted by Gasteiger charge is 2.33. The number of halogens is 1. The smallest absolute Gasteiger partial charge is 0.227 e. The van der Waals surface area contributed by atoms with Crippen LogP contribution in [-0.4, -0.2) is 49.5 Å². The lowest BCUT2D eigenvalue weighted by atomic mass is 9.98. The number of hydrogen-bond donors (Lipinski definition) is 0. The van der Waals surface area contributed by atoms with Gasteiger partial charge in [-0.25, -0.2) is 4.39 Å². The highest BCUT2D eigenvalue weighted by atomic mass is 19.1. The molecule has 1 amide bonds. The Bertz CT molecular complexity index is 540. The number of likely N-dealkylation sites (tertiary alicyclic amines) is 1. The van der Waals surface area contributed by atoms with Gasteiger partial charge in [0.15, 0.2) is 0 Å². The van der Waals surface area contributed by atoms with Crippen LogP contribution in [-0.2, 0) is 11.3 Å². The van der Waals surface area contributed by atoms with Gasteiger partial charge in [-0.2, -0.15) is 0 Å². The molecule has 5 heteroatoms. The summed E-state index contributed by atoms with van der Waals surface area (Å²) in [4.78, 5) is 15.5. The van der Waals surface area contributed by atoms with Crippen molar-refractivity contribution in [1.29, 1.82) is 0 Å². The van der Waals surface area contributed by atoms with Gasteiger partial charge in [0.1, 0.15) is 11.6 Å². The average Bonchev–Trinajstić information content (AvgIpc) is 2.43. The Balaban J connectivity index is 1.82. The summed E-state index contributed by atoms with van der Waals surface area (Å²) in [6.45, 7) is 6.81. The van der Waals surface area contributed by atoms with Crippen LogP contribution in [0.4, 0.5) is 4.39 Å². The molecule has 23 heavy (non-hydrogen) atoms. The van der Waals surface area contributed by atoms with Gasteiger partial charge in [0.05, 0.1) is 12.5 Å². The average molecular weight is 322 g/mol. The molecule has 1 heterocycles. The van der Waals surface area contributed by atoms with Gasteiger partial charge in [-0.05, 0) is 18.4 Å². The van der Waals surface area contributed by atoms with Crippen LogP contribution in [0.25, 0.3) is 0 Å². The zero-order chi connectivity index (χ0) is 17.0. The number of rotatable bonds is 7. The highest BCUT2D eigenvalue weighted by molar-refractivity contribution is 5.79. The van der Waals surface area contributed by atoms with Gasteiger partial charge in [-0.3, -0.25) is 9.69 Å². The van der Waals surface area contributed by atoms with Crippen LogP contribution >= 0.6 is 0 Å². The van der Waals surface area contributed by atoms with E-state index in [0.29, 0.717) is 43.5 Å². The van der Waals surface area contributed by atoms with Crippen LogP contribution in [0, 0.1) is 17.7 Å². The number of benzene rings is 1. The molecule has 1 aromatic rings. The van der Waals surface area contributed by atoms with E-state index in [9.17, 15) is 9.18 Å². The molecular formula is C18H27FN2O2. The molecule has 4 nitrogen and oxygen atoms in total. The summed E-state index contributed by atoms with van der Waals surface area (Å²) in [6, 6.07) is 5.06. The number of carbonyl (C=O) groups excluding carboxylic acids is 1. The van der Waals surface area contributed by atoms with Crippen LogP contribution in [0.15, 0.2) is 18.2 Å². The molecule has 0 radical (unpaired) electrons. The van der Waals surface area contributed by atoms with Gasteiger partial charge in [-0.15, -0.1) is 0 Å². The summed E-state index contributed by atoms with van der Waals surface area (Å²) >= 11 is 0. The predicted octanol–water partition coefficient (Wildman–Crippen LogP) is 2.77. The first kappa shape index (κ1) is 17.7. The topological polar surface area (TPSA) is 32.8 Å². The van der Waals surface area contributed by atoms with Crippen molar-refractivity contribution in [1.82, 2.24) is 9.80 Å². The van der Waals surface area contributed by atoms with Crippen molar-refractivity contribution in [2.45, 2.75) is 26.8 Å². The monoisotopic (exact) mass is 322 g/mol. The first-order valence-electron chi connectivity index (χ1n) is 8.21. The molecule has 1 saturated heterocycles. The van der Waals surface area contributed by atoms with E-state index in [-0.39, 0.29) is 17.6 Å². The van der Waals surface area contributed by atoms with Crippen molar-refractivity contribution in [3.63, 3.8) is 0 Å². The lowest BCUT2D eigenvalue weighted by Crippen LogP contribution is -2.52. The molecule has 128 valence electrons. The Kier molecular flexibility index (Phi) is 5.99. The van der Waals surface area contributed by atoms with E-state index in [0.717, 1.165) is 6.42 Å². The molecule has 0 unspecified atom stereocenters. The zero-order valence-corrected chi connectivity index (χ0v) is 14.5. The fourth-order valence-corrected chi connectivity index (χ4v) is 2.62. The van der Waals surface area contributed by atoms with E-state index in [1.807, 2.05) is 6.07 Å². The van der Waals surface area contributed by atoms with E-state index in [1.165, 1.54) is 6.07 Å². The zero-order valence-electron chi connectivity index (χ0n) is 14.5. The summed E-state index contributed by atoms with van der Waals surface area (Å²) < 4.78 is 19.7. The minimum absolute atomic E-state index is 0.0479. The van der Waals surface area contributed by atoms with Crippen molar-refractivity contribution >= 4 is 5.91 Å². The van der Waals surface area contributed by atoms with E-state index in [4.69, 9.17) is 4.74 Å². The van der Waals surface area contributed by atoms with Crippen LogP contribution in [0.5, 0.6) is 5.75 Å². The maximum Gasteiger partial charge on any atom is 0.227 e. The molecule has 1 aliphatic rings. The summed E-state index contributed by atoms with van der Waals surface area (Å²) in [7, 11) is 3.53. The van der Waals surface area contributed by atoms with Gasteiger partial charge in [0.25, 0.3) is 0 Å². The Hall–Kier alpha value is -1.62. The molecular weight excluding hydrogens is 295 g/mol. The van der Waals surface area contributed by atoms with Crippen LogP contribution < -0.4 is 4.74 Å². The second-order valence-corrected chi connectivity index (χ2v) is 6.91. The van der Waals surface area contributed by atoms with Crippen molar-refractivity contribution in [3.8, 4) is 5.75 Å². The van der Waals surface area contributed by atoms with Crippen molar-refractivity contribution in [2.24, 2.45) is 11.8 Å². The minimum Gasteiger partial charge on any atom is -0.493 e. The summed E-state index contributed by atoms with van der Waals surface area (Å²) in [6.07, 6.45) is 0.957. The van der Waals surface area contributed by atoms with E-state index < -0.39 is 0 Å². The maximum atomic E-state index is 14.2. The van der Waals surface area contributed by atoms with Gasteiger partial charge < -0.3 is 9.64 Å². The lowest BCUT2D eigenvalue weighted by Gasteiger charge is -2.39. The number of nitrogens with zero attached hydrogens (tertiary/aromatic N) is 2. The second kappa shape index (κ2) is 7.77. The van der Waals surface area contributed by atoms with Crippen molar-refractivity contribution in [2.75, 3.05) is 33.8 Å². The van der Waals surface area contributed by atoms with Crippen molar-refractivity contribution < 1.29 is 13.9 Å². The molecule has 2 rings (SSSR count). The third kappa shape index (κ3) is 4.93. The first-order chi connectivity index (χ1) is 10.9. The molecule has 0 atom stereocenters. The Labute approximate surface area is 138 Å². The largest absolute Gasteiger partial charge is 0.493 e. The quantitative estimate of drug-likeness (QED) is 0.774. The van der Waals surface area contributed by atoms with Crippen LogP contribution in [0.2, 0.25) is 0 Å². The fraction of sp³-hybridized carbons (Fsp3) is 0.611. The van der Waals surface area contributed by atoms with Gasteiger partial charge >= 0.3 is 0 Å². The minimum atomic E-state index is -0.241. The molecule has 0 bridgehead atoms. The molecule has 0 N–H and O–H groups in total. The Morgan fingerprint density at radius 1 is 1.39 bits per heavy atom. The molecule has 0 aliphatic carbocycles. The normalized spacial score (nSPS) is 15.6. The van der Waals surface area contributed by atoms with E-state index >= 15 is 0 Å². The van der Waals surface area contributed by atoms with E-state index in [2.05, 4.69) is 18.7 Å². The summed E-state index contributed by atoms with van der Waals surface area (Å²) in [5, 5.41) is 0. The number of carbonyl (C=O) groups is 1. The van der Waals surface area contributed by atoms with Gasteiger partial charge in [0.2, 0.25) is 5.91 Å². The Morgan fingerprint density at radius 3 is 2.65 bits per heavy atom. The molecule has 1 aliphatic heterocycles. The molecule has 0 spiro atoms. The molecule has 0 aromatic heterocycles. The third-order valence-electron chi connectivity index (χ3n) is 4.13. The number of hydrogen-bond acceptors (Lipinski definition) is 3. The van der Waals surface area contributed by atoms with E-state index in [1.54, 1.807) is 25.1 Å². The lowest BCUT2D eigenvalue weighted by molar-refractivity contribution is -0.138. The predicted molar refractivity (Wildman–Crippen MR) is 88.8 cm³/mol. The first-order valence-corrected chi connectivity index (χ1v) is 8.21. The number of amides is 1. The van der Waals surface area contributed by atoms with Crippen LogP contribution in [0.1, 0.15) is 25.8 Å². The molecule has 0 saturated carbocycles. The van der Waals surface area contributed by atoms with Gasteiger partial charge in [0, 0.05) is 45.4 Å². The summed E-state index contributed by atoms with van der Waals surface area (Å²) in [5.74, 6) is 1.11. The Morgan fingerprint density at radius 2 is 2.09 bits per heavy atom. The third-order valence-corrected chi connectivity index (χ3v) is 4.13. The second-order valence-electron chi connectivity index (χ2n) is 6.91. The fourth-order valence-electron chi connectivity index (χ4n) is 2.62. The van der Waals surface area contributed by atoms with Crippen LogP contribution in [0.3, 0.4) is 0 Å². The summed E-state index contributed by atoms with van der Waals surface area (Å²) in [5.41, 5.74) is 0.650. The SMILES string of the molecule is CC(C)CCOc1ccc(CN2CC(C(=O)N(C)C)C2)c(F)c1. The molecule has 1 fully saturated rings. The van der Waals surface area contributed by atoms with Gasteiger partial charge in [-0.1, -0.05) is 19.9 Å². The maximum absolute atomic E-state index is 14.2. The standard InChI is InChI=1S/C18H27FN2O2/c1-13(2)7-8-23-16-6-5-14(17(19)9-16)10-21-11-15(12-21)18(22)20(3)4/h5-6,9,13,15H,7-8,10-12H2,1-4H3.